The van der Waals surface area contributed by atoms with Crippen LogP contribution in [0.5, 0.6) is 0 Å². The summed E-state index contributed by atoms with van der Waals surface area (Å²) < 4.78 is 5.95. The Kier molecular flexibility index (Phi) is 3.27. The molecule has 0 spiro atoms. The fraction of sp³-hybridized carbons (Fsp3) is 0.111. The summed E-state index contributed by atoms with van der Waals surface area (Å²) in [4.78, 5) is 7.99. The van der Waals surface area contributed by atoms with Gasteiger partial charge in [-0.05, 0) is 28.1 Å². The zero-order valence-electron chi connectivity index (χ0n) is 7.68. The van der Waals surface area contributed by atoms with Gasteiger partial charge < -0.3 is 10.2 Å². The zero-order valence-corrected chi connectivity index (χ0v) is 10.1. The second-order valence-corrected chi connectivity index (χ2v) is 4.50. The summed E-state index contributed by atoms with van der Waals surface area (Å²) in [6, 6.07) is 3.78. The van der Waals surface area contributed by atoms with Gasteiger partial charge in [0, 0.05) is 0 Å². The molecule has 0 amide bonds. The number of nitrogen functional groups attached to an aromatic ring is 1. The first kappa shape index (κ1) is 10.5. The third kappa shape index (κ3) is 2.51. The molecule has 4 nitrogen and oxygen atoms in total. The molecule has 0 aliphatic heterocycles. The summed E-state index contributed by atoms with van der Waals surface area (Å²) >= 11 is 4.89. The number of hydrogen-bond acceptors (Lipinski definition) is 5. The van der Waals surface area contributed by atoms with E-state index in [0.717, 1.165) is 21.0 Å². The van der Waals surface area contributed by atoms with E-state index >= 15 is 0 Å². The first-order chi connectivity index (χ1) is 7.27. The van der Waals surface area contributed by atoms with Gasteiger partial charge in [-0.2, -0.15) is 0 Å². The summed E-state index contributed by atoms with van der Waals surface area (Å²) in [5, 5.41) is 0.818. The number of thioether (sulfide) groups is 1. The van der Waals surface area contributed by atoms with Crippen LogP contribution >= 0.6 is 27.7 Å². The van der Waals surface area contributed by atoms with E-state index in [1.54, 1.807) is 18.0 Å². The fourth-order valence-electron chi connectivity index (χ4n) is 1.00. The van der Waals surface area contributed by atoms with Gasteiger partial charge in [-0.15, -0.1) is 0 Å². The van der Waals surface area contributed by atoms with Gasteiger partial charge in [0.15, 0.2) is 0 Å². The number of rotatable bonds is 3. The molecule has 15 heavy (non-hydrogen) atoms. The van der Waals surface area contributed by atoms with Crippen molar-refractivity contribution >= 4 is 33.5 Å². The Morgan fingerprint density at radius 2 is 2.33 bits per heavy atom. The molecule has 0 radical (unpaired) electrons. The topological polar surface area (TPSA) is 64.9 Å². The van der Waals surface area contributed by atoms with Crippen LogP contribution in [0.4, 0.5) is 5.82 Å². The van der Waals surface area contributed by atoms with Gasteiger partial charge >= 0.3 is 0 Å². The molecule has 0 aliphatic rings. The smallest absolute Gasteiger partial charge is 0.142 e. The van der Waals surface area contributed by atoms with Gasteiger partial charge in [0.25, 0.3) is 0 Å². The molecule has 0 atom stereocenters. The van der Waals surface area contributed by atoms with Gasteiger partial charge in [0.1, 0.15) is 22.9 Å². The average molecular weight is 286 g/mol. The van der Waals surface area contributed by atoms with Crippen LogP contribution in [-0.4, -0.2) is 9.97 Å². The lowest BCUT2D eigenvalue weighted by molar-refractivity contribution is 0.530. The van der Waals surface area contributed by atoms with Crippen LogP contribution in [-0.2, 0) is 5.75 Å². The van der Waals surface area contributed by atoms with Gasteiger partial charge in [0.2, 0.25) is 0 Å². The van der Waals surface area contributed by atoms with Crippen molar-refractivity contribution in [2.75, 3.05) is 5.73 Å². The van der Waals surface area contributed by atoms with E-state index in [0.29, 0.717) is 5.82 Å². The van der Waals surface area contributed by atoms with E-state index in [1.807, 2.05) is 12.1 Å². The van der Waals surface area contributed by atoms with Crippen molar-refractivity contribution in [3.05, 3.63) is 35.0 Å². The van der Waals surface area contributed by atoms with Gasteiger partial charge in [-0.1, -0.05) is 11.8 Å². The first-order valence-corrected chi connectivity index (χ1v) is 5.96. The molecule has 2 aromatic heterocycles. The minimum absolute atomic E-state index is 0.451. The highest BCUT2D eigenvalue weighted by atomic mass is 79.9. The molecule has 0 saturated carbocycles. The number of nitrogens with two attached hydrogens (primary N) is 1. The monoisotopic (exact) mass is 285 g/mol. The predicted molar refractivity (Wildman–Crippen MR) is 62.4 cm³/mol. The second kappa shape index (κ2) is 4.67. The van der Waals surface area contributed by atoms with Crippen molar-refractivity contribution in [1.82, 2.24) is 9.97 Å². The quantitative estimate of drug-likeness (QED) is 0.694. The molecule has 0 aliphatic carbocycles. The van der Waals surface area contributed by atoms with E-state index in [2.05, 4.69) is 25.9 Å². The Morgan fingerprint density at radius 1 is 1.47 bits per heavy atom. The molecule has 2 N–H and O–H groups in total. The van der Waals surface area contributed by atoms with Crippen LogP contribution in [0, 0.1) is 0 Å². The molecular formula is C9H8BrN3OS. The zero-order chi connectivity index (χ0) is 10.7. The normalized spacial score (nSPS) is 10.5. The third-order valence-corrected chi connectivity index (χ3v) is 3.77. The SMILES string of the molecule is Nc1ncnc(SCc2ccco2)c1Br. The maximum absolute atomic E-state index is 5.63. The largest absolute Gasteiger partial charge is 0.468 e. The van der Waals surface area contributed by atoms with Gasteiger partial charge in [0.05, 0.1) is 16.5 Å². The Morgan fingerprint density at radius 3 is 3.07 bits per heavy atom. The molecule has 0 aromatic carbocycles. The van der Waals surface area contributed by atoms with E-state index in [-0.39, 0.29) is 0 Å². The number of anilines is 1. The van der Waals surface area contributed by atoms with Gasteiger partial charge in [-0.3, -0.25) is 0 Å². The summed E-state index contributed by atoms with van der Waals surface area (Å²) in [6.07, 6.45) is 3.10. The average Bonchev–Trinajstić information content (AvgIpc) is 2.73. The molecule has 0 unspecified atom stereocenters. The molecule has 2 heterocycles. The van der Waals surface area contributed by atoms with Crippen LogP contribution in [0.2, 0.25) is 0 Å². The highest BCUT2D eigenvalue weighted by Gasteiger charge is 2.07. The van der Waals surface area contributed by atoms with Crippen molar-refractivity contribution < 1.29 is 4.42 Å². The van der Waals surface area contributed by atoms with E-state index in [1.165, 1.54) is 6.33 Å². The first-order valence-electron chi connectivity index (χ1n) is 4.18. The summed E-state index contributed by atoms with van der Waals surface area (Å²) in [7, 11) is 0. The van der Waals surface area contributed by atoms with Crippen molar-refractivity contribution in [2.24, 2.45) is 0 Å². The predicted octanol–water partition coefficient (Wildman–Crippen LogP) is 2.71. The Labute approximate surface area is 99.4 Å². The number of nitrogens with zero attached hydrogens (tertiary/aromatic N) is 2. The van der Waals surface area contributed by atoms with Crippen molar-refractivity contribution in [3.8, 4) is 0 Å². The third-order valence-electron chi connectivity index (χ3n) is 1.72. The van der Waals surface area contributed by atoms with Crippen LogP contribution < -0.4 is 5.73 Å². The standard InChI is InChI=1S/C9H8BrN3OS/c10-7-8(11)12-5-13-9(7)15-4-6-2-1-3-14-6/h1-3,5H,4H2,(H2,11,12,13). The van der Waals surface area contributed by atoms with Crippen molar-refractivity contribution in [2.45, 2.75) is 10.8 Å². The highest BCUT2D eigenvalue weighted by molar-refractivity contribution is 9.10. The lowest BCUT2D eigenvalue weighted by Gasteiger charge is -2.02. The van der Waals surface area contributed by atoms with Crippen LogP contribution in [0.1, 0.15) is 5.76 Å². The molecule has 0 fully saturated rings. The van der Waals surface area contributed by atoms with Crippen LogP contribution in [0.3, 0.4) is 0 Å². The Bertz CT molecular complexity index is 447. The maximum Gasteiger partial charge on any atom is 0.142 e. The Balaban J connectivity index is 2.08. The van der Waals surface area contributed by atoms with E-state index in [9.17, 15) is 0 Å². The lowest BCUT2D eigenvalue weighted by Crippen LogP contribution is -1.94. The van der Waals surface area contributed by atoms with Crippen LogP contribution in [0.15, 0.2) is 38.6 Å². The molecule has 0 saturated heterocycles. The minimum atomic E-state index is 0.451. The van der Waals surface area contributed by atoms with Crippen molar-refractivity contribution in [3.63, 3.8) is 0 Å². The molecular weight excluding hydrogens is 278 g/mol. The minimum Gasteiger partial charge on any atom is -0.468 e. The molecule has 78 valence electrons. The van der Waals surface area contributed by atoms with E-state index < -0.39 is 0 Å². The van der Waals surface area contributed by atoms with Gasteiger partial charge in [-0.25, -0.2) is 9.97 Å². The molecule has 0 bridgehead atoms. The summed E-state index contributed by atoms with van der Waals surface area (Å²) in [6.45, 7) is 0. The van der Waals surface area contributed by atoms with Crippen molar-refractivity contribution in [1.29, 1.82) is 0 Å². The fourth-order valence-corrected chi connectivity index (χ4v) is 2.35. The maximum atomic E-state index is 5.63. The number of aromatic nitrogens is 2. The highest BCUT2D eigenvalue weighted by Crippen LogP contribution is 2.30. The number of halogens is 1. The Hall–Kier alpha value is -1.01. The number of hydrogen-bond donors (Lipinski definition) is 1. The second-order valence-electron chi connectivity index (χ2n) is 2.75. The molecule has 2 rings (SSSR count). The molecule has 2 aromatic rings. The molecule has 6 heteroatoms. The van der Waals surface area contributed by atoms with Crippen LogP contribution in [0.25, 0.3) is 0 Å². The summed E-state index contributed by atoms with van der Waals surface area (Å²) in [5.74, 6) is 2.08. The summed E-state index contributed by atoms with van der Waals surface area (Å²) in [5.41, 5.74) is 5.63. The lowest BCUT2D eigenvalue weighted by atomic mass is 10.5. The van der Waals surface area contributed by atoms with E-state index in [4.69, 9.17) is 10.2 Å². The number of furan rings is 1.